The van der Waals surface area contributed by atoms with Crippen molar-refractivity contribution in [3.63, 3.8) is 0 Å². The number of carbonyl (C=O) groups excluding carboxylic acids is 2. The molecule has 202 valence electrons. The van der Waals surface area contributed by atoms with Gasteiger partial charge in [-0.05, 0) is 49.1 Å². The Kier molecular flexibility index (Phi) is 9.77. The summed E-state index contributed by atoms with van der Waals surface area (Å²) in [7, 11) is -4.08. The van der Waals surface area contributed by atoms with Gasteiger partial charge in [0.25, 0.3) is 0 Å². The fourth-order valence-corrected chi connectivity index (χ4v) is 5.54. The normalized spacial score (nSPS) is 14.9. The molecule has 0 spiro atoms. The zero-order chi connectivity index (χ0) is 27.3. The Morgan fingerprint density at radius 2 is 1.73 bits per heavy atom. The van der Waals surface area contributed by atoms with Crippen molar-refractivity contribution in [1.82, 2.24) is 10.2 Å². The van der Waals surface area contributed by atoms with Gasteiger partial charge in [-0.2, -0.15) is 0 Å². The molecule has 1 fully saturated rings. The second-order valence-corrected chi connectivity index (χ2v) is 11.8. The Bertz CT molecular complexity index is 1260. The second-order valence-electron chi connectivity index (χ2n) is 9.05. The molecule has 2 amide bonds. The number of benzene rings is 2. The van der Waals surface area contributed by atoms with Crippen LogP contribution in [0.25, 0.3) is 0 Å². The molecule has 0 unspecified atom stereocenters. The molecule has 2 aromatic rings. The molecule has 3 rings (SSSR count). The van der Waals surface area contributed by atoms with Crippen LogP contribution in [0.3, 0.4) is 0 Å². The Morgan fingerprint density at radius 3 is 2.30 bits per heavy atom. The predicted molar refractivity (Wildman–Crippen MR) is 140 cm³/mol. The molecule has 12 heteroatoms. The summed E-state index contributed by atoms with van der Waals surface area (Å²) in [4.78, 5) is 28.2. The maximum atomic E-state index is 13.9. The zero-order valence-corrected chi connectivity index (χ0v) is 22.8. The molecule has 1 aliphatic carbocycles. The summed E-state index contributed by atoms with van der Waals surface area (Å²) in [5.41, 5.74) is 0.362. The molecule has 1 N–H and O–H groups in total. The lowest BCUT2D eigenvalue weighted by atomic mass is 10.1. The predicted octanol–water partition coefficient (Wildman–Crippen LogP) is 4.90. The smallest absolute Gasteiger partial charge is 0.244 e. The van der Waals surface area contributed by atoms with Crippen molar-refractivity contribution in [2.45, 2.75) is 57.7 Å². The van der Waals surface area contributed by atoms with Crippen molar-refractivity contribution in [2.24, 2.45) is 0 Å². The third-order valence-electron chi connectivity index (χ3n) is 6.29. The van der Waals surface area contributed by atoms with Crippen LogP contribution in [0, 0.1) is 11.6 Å². The van der Waals surface area contributed by atoms with Gasteiger partial charge in [0, 0.05) is 18.7 Å². The molecule has 0 saturated heterocycles. The van der Waals surface area contributed by atoms with E-state index in [0.29, 0.717) is 21.0 Å². The molecule has 1 aliphatic rings. The first kappa shape index (κ1) is 29.1. The average molecular weight is 576 g/mol. The van der Waals surface area contributed by atoms with E-state index >= 15 is 0 Å². The monoisotopic (exact) mass is 575 g/mol. The highest BCUT2D eigenvalue weighted by Gasteiger charge is 2.33. The minimum atomic E-state index is -4.08. The second kappa shape index (κ2) is 12.4. The molecule has 37 heavy (non-hydrogen) atoms. The van der Waals surface area contributed by atoms with Crippen LogP contribution in [0.2, 0.25) is 10.0 Å². The van der Waals surface area contributed by atoms with Crippen molar-refractivity contribution >= 4 is 50.7 Å². The van der Waals surface area contributed by atoms with Crippen LogP contribution in [0.4, 0.5) is 14.5 Å². The zero-order valence-electron chi connectivity index (χ0n) is 20.5. The Hall–Kier alpha value is -2.43. The van der Waals surface area contributed by atoms with Gasteiger partial charge in [-0.3, -0.25) is 13.9 Å². The van der Waals surface area contributed by atoms with Crippen LogP contribution in [0.15, 0.2) is 36.4 Å². The maximum absolute atomic E-state index is 13.9. The van der Waals surface area contributed by atoms with Crippen LogP contribution in [0.5, 0.6) is 0 Å². The van der Waals surface area contributed by atoms with Gasteiger partial charge in [0.15, 0.2) is 11.6 Å². The molecule has 2 aromatic carbocycles. The highest BCUT2D eigenvalue weighted by Crippen LogP contribution is 2.26. The van der Waals surface area contributed by atoms with E-state index in [1.54, 1.807) is 25.1 Å². The van der Waals surface area contributed by atoms with Crippen molar-refractivity contribution < 1.29 is 26.8 Å². The maximum Gasteiger partial charge on any atom is 0.244 e. The van der Waals surface area contributed by atoms with Gasteiger partial charge in [0.2, 0.25) is 21.8 Å². The van der Waals surface area contributed by atoms with Gasteiger partial charge in [-0.25, -0.2) is 17.2 Å². The number of hydrogen-bond acceptors (Lipinski definition) is 4. The molecule has 0 aromatic heterocycles. The van der Waals surface area contributed by atoms with Crippen molar-refractivity contribution in [2.75, 3.05) is 17.1 Å². The minimum Gasteiger partial charge on any atom is -0.352 e. The Balaban J connectivity index is 1.95. The van der Waals surface area contributed by atoms with E-state index in [0.717, 1.165) is 44.1 Å². The summed E-state index contributed by atoms with van der Waals surface area (Å²) in [5.74, 6) is -3.45. The lowest BCUT2D eigenvalue weighted by molar-refractivity contribution is -0.140. The number of sulfonamides is 1. The lowest BCUT2D eigenvalue weighted by Gasteiger charge is -2.33. The third kappa shape index (κ3) is 7.55. The van der Waals surface area contributed by atoms with Crippen molar-refractivity contribution in [3.8, 4) is 0 Å². The van der Waals surface area contributed by atoms with Crippen LogP contribution >= 0.6 is 23.2 Å². The van der Waals surface area contributed by atoms with E-state index in [4.69, 9.17) is 23.2 Å². The summed E-state index contributed by atoms with van der Waals surface area (Å²) >= 11 is 12.2. The summed E-state index contributed by atoms with van der Waals surface area (Å²) in [6.45, 7) is 0.970. The van der Waals surface area contributed by atoms with Crippen molar-refractivity contribution in [3.05, 3.63) is 63.6 Å². The van der Waals surface area contributed by atoms with Crippen LogP contribution < -0.4 is 9.62 Å². The first-order valence-corrected chi connectivity index (χ1v) is 14.5. The number of nitrogens with zero attached hydrogens (tertiary/aromatic N) is 2. The summed E-state index contributed by atoms with van der Waals surface area (Å²) in [5, 5.41) is 3.57. The number of hydrogen-bond donors (Lipinski definition) is 1. The molecular formula is C25H29Cl2F2N3O4S. The largest absolute Gasteiger partial charge is 0.352 e. The summed E-state index contributed by atoms with van der Waals surface area (Å²) < 4.78 is 53.2. The fourth-order valence-electron chi connectivity index (χ4n) is 4.38. The van der Waals surface area contributed by atoms with Gasteiger partial charge >= 0.3 is 0 Å². The Morgan fingerprint density at radius 1 is 1.05 bits per heavy atom. The lowest BCUT2D eigenvalue weighted by Crippen LogP contribution is -2.53. The molecule has 7 nitrogen and oxygen atoms in total. The van der Waals surface area contributed by atoms with Gasteiger partial charge in [0.05, 0.1) is 22.0 Å². The van der Waals surface area contributed by atoms with Crippen LogP contribution in [0.1, 0.15) is 44.6 Å². The number of rotatable bonds is 10. The van der Waals surface area contributed by atoms with E-state index in [9.17, 15) is 26.8 Å². The number of carbonyl (C=O) groups is 2. The van der Waals surface area contributed by atoms with Crippen LogP contribution in [-0.4, -0.2) is 50.0 Å². The first-order chi connectivity index (χ1) is 17.4. The molecule has 0 heterocycles. The highest BCUT2D eigenvalue weighted by molar-refractivity contribution is 7.92. The highest BCUT2D eigenvalue weighted by atomic mass is 35.5. The number of nitrogens with one attached hydrogen (secondary N) is 1. The van der Waals surface area contributed by atoms with E-state index in [-0.39, 0.29) is 35.6 Å². The molecular weight excluding hydrogens is 547 g/mol. The van der Waals surface area contributed by atoms with E-state index in [1.165, 1.54) is 4.90 Å². The van der Waals surface area contributed by atoms with Gasteiger partial charge in [-0.1, -0.05) is 49.0 Å². The van der Waals surface area contributed by atoms with E-state index < -0.39 is 40.2 Å². The minimum absolute atomic E-state index is 0.0122. The van der Waals surface area contributed by atoms with E-state index in [2.05, 4.69) is 5.32 Å². The molecule has 1 saturated carbocycles. The van der Waals surface area contributed by atoms with Gasteiger partial charge in [0.1, 0.15) is 12.6 Å². The quantitative estimate of drug-likeness (QED) is 0.436. The van der Waals surface area contributed by atoms with Gasteiger partial charge < -0.3 is 10.2 Å². The third-order valence-corrected chi connectivity index (χ3v) is 8.17. The molecule has 0 aliphatic heterocycles. The SMILES string of the molecule is CC[C@@H](C(=O)NC1CCCC1)N(Cc1ccc(Cl)c(Cl)c1)C(=O)CN(c1ccc(F)c(F)c1)S(C)(=O)=O. The molecule has 1 atom stereocenters. The number of anilines is 1. The van der Waals surface area contributed by atoms with Crippen molar-refractivity contribution in [1.29, 1.82) is 0 Å². The standard InChI is InChI=1S/C25H29Cl2F2N3O4S/c1-3-23(25(34)30-17-6-4-5-7-17)31(14-16-8-10-19(26)20(27)12-16)24(33)15-32(37(2,35)36)18-9-11-21(28)22(29)13-18/h8-13,17,23H,3-7,14-15H2,1-2H3,(H,30,34)/t23-/m0/s1. The van der Waals surface area contributed by atoms with E-state index in [1.807, 2.05) is 0 Å². The Labute approximate surface area is 225 Å². The molecule has 0 bridgehead atoms. The average Bonchev–Trinajstić information content (AvgIpc) is 3.33. The summed E-state index contributed by atoms with van der Waals surface area (Å²) in [6.07, 6.45) is 4.82. The van der Waals surface area contributed by atoms with Gasteiger partial charge in [-0.15, -0.1) is 0 Å². The number of halogens is 4. The van der Waals surface area contributed by atoms with Crippen LogP contribution in [-0.2, 0) is 26.2 Å². The summed E-state index contributed by atoms with van der Waals surface area (Å²) in [6, 6.07) is 6.44. The number of amides is 2. The topological polar surface area (TPSA) is 86.8 Å². The fraction of sp³-hybridized carbons (Fsp3) is 0.440. The molecule has 0 radical (unpaired) electrons. The first-order valence-electron chi connectivity index (χ1n) is 11.9.